The Hall–Kier alpha value is -3.53. The number of halogens is 1. The Kier molecular flexibility index (Phi) is 8.63. The number of esters is 1. The standard InChI is InChI=1S/C30H34ClN3O6/c1-4-39-28(36)19-32-13-15-33(16-14-32)27(35)18-26-24-8-6-12-34(24)23-11-10-20(31)17-22(23)29(40-26)21-7-5-9-25(37-2)30(21)38-3/h5-12,17,26,29H,4,13-16,18-19H2,1-3H3/t26-,29-/m1/s1. The number of nitrogens with zero attached hydrogens (tertiary/aromatic N) is 3. The molecule has 40 heavy (non-hydrogen) atoms. The van der Waals surface area contributed by atoms with E-state index < -0.39 is 12.2 Å². The van der Waals surface area contributed by atoms with Crippen LogP contribution in [-0.2, 0) is 19.1 Å². The second kappa shape index (κ2) is 12.3. The van der Waals surface area contributed by atoms with Crippen LogP contribution < -0.4 is 9.47 Å². The summed E-state index contributed by atoms with van der Waals surface area (Å²) < 4.78 is 25.3. The molecule has 10 heteroatoms. The number of methoxy groups -OCH3 is 2. The predicted molar refractivity (Wildman–Crippen MR) is 150 cm³/mol. The van der Waals surface area contributed by atoms with Gasteiger partial charge in [0.15, 0.2) is 11.5 Å². The van der Waals surface area contributed by atoms with E-state index in [9.17, 15) is 9.59 Å². The fourth-order valence-corrected chi connectivity index (χ4v) is 5.66. The molecule has 0 radical (unpaired) electrons. The highest BCUT2D eigenvalue weighted by atomic mass is 35.5. The van der Waals surface area contributed by atoms with Crippen LogP contribution in [0.15, 0.2) is 54.7 Å². The molecule has 212 valence electrons. The van der Waals surface area contributed by atoms with Gasteiger partial charge in [0.25, 0.3) is 0 Å². The smallest absolute Gasteiger partial charge is 0.320 e. The van der Waals surface area contributed by atoms with Crippen molar-refractivity contribution in [1.29, 1.82) is 0 Å². The van der Waals surface area contributed by atoms with E-state index in [1.54, 1.807) is 21.1 Å². The quantitative estimate of drug-likeness (QED) is 0.373. The average molecular weight is 568 g/mol. The summed E-state index contributed by atoms with van der Waals surface area (Å²) in [7, 11) is 3.20. The third kappa shape index (κ3) is 5.68. The first-order chi connectivity index (χ1) is 19.4. The number of rotatable bonds is 8. The summed E-state index contributed by atoms with van der Waals surface area (Å²) in [6.07, 6.45) is 1.03. The highest BCUT2D eigenvalue weighted by Gasteiger charge is 2.35. The zero-order valence-corrected chi connectivity index (χ0v) is 23.7. The zero-order chi connectivity index (χ0) is 28.2. The first-order valence-corrected chi connectivity index (χ1v) is 13.8. The van der Waals surface area contributed by atoms with Gasteiger partial charge in [-0.15, -0.1) is 0 Å². The normalized spacial score (nSPS) is 18.9. The first kappa shape index (κ1) is 28.0. The summed E-state index contributed by atoms with van der Waals surface area (Å²) in [5.74, 6) is 0.905. The molecule has 0 N–H and O–H groups in total. The molecule has 1 saturated heterocycles. The maximum Gasteiger partial charge on any atom is 0.320 e. The Morgan fingerprint density at radius 2 is 1.80 bits per heavy atom. The summed E-state index contributed by atoms with van der Waals surface area (Å²) in [5.41, 5.74) is 3.43. The van der Waals surface area contributed by atoms with Crippen LogP contribution in [0.1, 0.15) is 42.4 Å². The predicted octanol–water partition coefficient (Wildman–Crippen LogP) is 4.41. The van der Waals surface area contributed by atoms with Gasteiger partial charge in [-0.25, -0.2) is 0 Å². The molecule has 2 atom stereocenters. The lowest BCUT2D eigenvalue weighted by Crippen LogP contribution is -2.50. The number of para-hydroxylation sites is 1. The Labute approximate surface area is 239 Å². The van der Waals surface area contributed by atoms with Crippen LogP contribution in [0.3, 0.4) is 0 Å². The van der Waals surface area contributed by atoms with Crippen molar-refractivity contribution in [3.8, 4) is 17.2 Å². The van der Waals surface area contributed by atoms with Crippen LogP contribution >= 0.6 is 11.6 Å². The molecule has 0 bridgehead atoms. The van der Waals surface area contributed by atoms with E-state index >= 15 is 0 Å². The molecule has 0 spiro atoms. The van der Waals surface area contributed by atoms with Crippen LogP contribution in [0.5, 0.6) is 11.5 Å². The molecule has 0 saturated carbocycles. The van der Waals surface area contributed by atoms with Crippen molar-refractivity contribution in [3.05, 3.63) is 76.6 Å². The Balaban J connectivity index is 1.43. The average Bonchev–Trinajstić information content (AvgIpc) is 3.40. The lowest BCUT2D eigenvalue weighted by molar-refractivity contribution is -0.145. The van der Waals surface area contributed by atoms with Gasteiger partial charge in [0.1, 0.15) is 12.2 Å². The minimum absolute atomic E-state index is 0.00567. The van der Waals surface area contributed by atoms with Crippen molar-refractivity contribution in [2.45, 2.75) is 25.6 Å². The van der Waals surface area contributed by atoms with Gasteiger partial charge < -0.3 is 28.4 Å². The van der Waals surface area contributed by atoms with Crippen molar-refractivity contribution in [1.82, 2.24) is 14.4 Å². The molecule has 0 aliphatic carbocycles. The first-order valence-electron chi connectivity index (χ1n) is 13.4. The monoisotopic (exact) mass is 567 g/mol. The summed E-state index contributed by atoms with van der Waals surface area (Å²) in [6.45, 7) is 4.69. The molecule has 3 aromatic rings. The van der Waals surface area contributed by atoms with Gasteiger partial charge in [-0.05, 0) is 43.3 Å². The van der Waals surface area contributed by atoms with Gasteiger partial charge in [0.05, 0.1) is 45.2 Å². The summed E-state index contributed by atoms with van der Waals surface area (Å²) in [4.78, 5) is 29.3. The third-order valence-electron chi connectivity index (χ3n) is 7.40. The molecule has 1 aromatic heterocycles. The van der Waals surface area contributed by atoms with Crippen molar-refractivity contribution in [3.63, 3.8) is 0 Å². The van der Waals surface area contributed by atoms with E-state index in [1.165, 1.54) is 0 Å². The van der Waals surface area contributed by atoms with Crippen molar-refractivity contribution in [2.24, 2.45) is 0 Å². The molecular formula is C30H34ClN3O6. The number of carbonyl (C=O) groups excluding carboxylic acids is 2. The van der Waals surface area contributed by atoms with E-state index in [4.69, 9.17) is 30.5 Å². The van der Waals surface area contributed by atoms with Gasteiger partial charge in [-0.1, -0.05) is 23.7 Å². The number of amides is 1. The Morgan fingerprint density at radius 1 is 1.00 bits per heavy atom. The number of hydrogen-bond donors (Lipinski definition) is 0. The lowest BCUT2D eigenvalue weighted by atomic mass is 9.98. The number of ether oxygens (including phenoxy) is 4. The highest BCUT2D eigenvalue weighted by molar-refractivity contribution is 6.30. The van der Waals surface area contributed by atoms with Gasteiger partial charge in [0.2, 0.25) is 5.91 Å². The second-order valence-corrected chi connectivity index (χ2v) is 10.2. The molecule has 5 rings (SSSR count). The fraction of sp³-hybridized carbons (Fsp3) is 0.400. The molecular weight excluding hydrogens is 534 g/mol. The number of benzene rings is 2. The zero-order valence-electron chi connectivity index (χ0n) is 23.0. The Bertz CT molecular complexity index is 1370. The highest BCUT2D eigenvalue weighted by Crippen LogP contribution is 2.46. The molecule has 3 heterocycles. The summed E-state index contributed by atoms with van der Waals surface area (Å²) >= 11 is 6.48. The van der Waals surface area contributed by atoms with Crippen molar-refractivity contribution in [2.75, 3.05) is 53.6 Å². The number of hydrogen-bond acceptors (Lipinski definition) is 7. The van der Waals surface area contributed by atoms with Crippen LogP contribution in [-0.4, -0.2) is 79.8 Å². The van der Waals surface area contributed by atoms with E-state index in [-0.39, 0.29) is 24.8 Å². The molecule has 9 nitrogen and oxygen atoms in total. The number of piperazine rings is 1. The van der Waals surface area contributed by atoms with Gasteiger partial charge in [-0.3, -0.25) is 14.5 Å². The van der Waals surface area contributed by atoms with Crippen LogP contribution in [0, 0.1) is 0 Å². The maximum atomic E-state index is 13.6. The maximum absolute atomic E-state index is 13.6. The van der Waals surface area contributed by atoms with E-state index in [1.807, 2.05) is 64.5 Å². The lowest BCUT2D eigenvalue weighted by Gasteiger charge is -2.35. The minimum Gasteiger partial charge on any atom is -0.493 e. The summed E-state index contributed by atoms with van der Waals surface area (Å²) in [6, 6.07) is 15.3. The topological polar surface area (TPSA) is 82.5 Å². The van der Waals surface area contributed by atoms with E-state index in [2.05, 4.69) is 4.57 Å². The number of fused-ring (bicyclic) bond motifs is 3. The third-order valence-corrected chi connectivity index (χ3v) is 7.64. The van der Waals surface area contributed by atoms with E-state index in [0.717, 1.165) is 22.5 Å². The van der Waals surface area contributed by atoms with Crippen LogP contribution in [0.4, 0.5) is 0 Å². The van der Waals surface area contributed by atoms with Crippen LogP contribution in [0.2, 0.25) is 5.02 Å². The van der Waals surface area contributed by atoms with Gasteiger partial charge in [-0.2, -0.15) is 0 Å². The largest absolute Gasteiger partial charge is 0.493 e. The molecule has 1 fully saturated rings. The molecule has 2 aromatic carbocycles. The summed E-state index contributed by atoms with van der Waals surface area (Å²) in [5, 5.41) is 0.582. The fourth-order valence-electron chi connectivity index (χ4n) is 5.48. The SMILES string of the molecule is CCOC(=O)CN1CCN(C(=O)C[C@H]2O[C@H](c3cccc(OC)c3OC)c3cc(Cl)ccc3-n3cccc32)CC1. The second-order valence-electron chi connectivity index (χ2n) is 9.76. The van der Waals surface area contributed by atoms with Gasteiger partial charge in [0, 0.05) is 48.5 Å². The molecule has 0 unspecified atom stereocenters. The minimum atomic E-state index is -0.571. The molecule has 2 aliphatic rings. The molecule has 2 aliphatic heterocycles. The number of aromatic nitrogens is 1. The van der Waals surface area contributed by atoms with Gasteiger partial charge >= 0.3 is 5.97 Å². The van der Waals surface area contributed by atoms with Crippen LogP contribution in [0.25, 0.3) is 5.69 Å². The van der Waals surface area contributed by atoms with Crippen molar-refractivity contribution >= 4 is 23.5 Å². The number of carbonyl (C=O) groups is 2. The van der Waals surface area contributed by atoms with E-state index in [0.29, 0.717) is 49.3 Å². The van der Waals surface area contributed by atoms with Crippen molar-refractivity contribution < 1.29 is 28.5 Å². The Morgan fingerprint density at radius 3 is 2.52 bits per heavy atom. The molecule has 1 amide bonds.